The van der Waals surface area contributed by atoms with Gasteiger partial charge < -0.3 is 19.5 Å². The van der Waals surface area contributed by atoms with Crippen molar-refractivity contribution in [2.45, 2.75) is 20.3 Å². The van der Waals surface area contributed by atoms with E-state index in [1.54, 1.807) is 18.2 Å². The summed E-state index contributed by atoms with van der Waals surface area (Å²) in [7, 11) is 0. The van der Waals surface area contributed by atoms with E-state index in [4.69, 9.17) is 14.2 Å². The minimum atomic E-state index is -0.451. The Hall–Kier alpha value is -3.02. The topological polar surface area (TPSA) is 73.9 Å². The molecule has 138 valence electrons. The molecule has 0 bridgehead atoms. The molecule has 0 aliphatic heterocycles. The largest absolute Gasteiger partial charge is 0.490 e. The Balaban J connectivity index is 1.86. The van der Waals surface area contributed by atoms with Gasteiger partial charge in [0.15, 0.2) is 18.1 Å². The molecule has 0 spiro atoms. The first-order valence-corrected chi connectivity index (χ1v) is 8.51. The maximum atomic E-state index is 12.0. The van der Waals surface area contributed by atoms with Gasteiger partial charge in [0.1, 0.15) is 0 Å². The average Bonchev–Trinajstić information content (AvgIpc) is 2.63. The third-order valence-corrected chi connectivity index (χ3v) is 3.38. The molecule has 0 atom stereocenters. The first-order valence-electron chi connectivity index (χ1n) is 8.51. The van der Waals surface area contributed by atoms with Crippen LogP contribution in [0.2, 0.25) is 0 Å². The zero-order valence-electron chi connectivity index (χ0n) is 15.0. The number of benzene rings is 2. The molecule has 1 N–H and O–H groups in total. The van der Waals surface area contributed by atoms with Crippen LogP contribution in [0.1, 0.15) is 19.4 Å². The highest BCUT2D eigenvalue weighted by molar-refractivity contribution is 5.93. The summed E-state index contributed by atoms with van der Waals surface area (Å²) in [6.45, 7) is 4.41. The van der Waals surface area contributed by atoms with Crippen LogP contribution in [0.25, 0.3) is 0 Å². The number of ether oxygens (including phenoxy) is 3. The lowest BCUT2D eigenvalue weighted by molar-refractivity contribution is -0.146. The summed E-state index contributed by atoms with van der Waals surface area (Å²) in [6, 6.07) is 14.3. The summed E-state index contributed by atoms with van der Waals surface area (Å²) in [5.41, 5.74) is 1.38. The molecule has 0 unspecified atom stereocenters. The van der Waals surface area contributed by atoms with Gasteiger partial charge in [-0.1, -0.05) is 30.3 Å². The van der Waals surface area contributed by atoms with Gasteiger partial charge in [-0.2, -0.15) is 0 Å². The number of nitrogens with one attached hydrogen (secondary N) is 1. The lowest BCUT2D eigenvalue weighted by atomic mass is 10.2. The molecule has 1 amide bonds. The number of esters is 1. The second-order valence-electron chi connectivity index (χ2n) is 5.40. The number of amides is 1. The van der Waals surface area contributed by atoms with Gasteiger partial charge in [0.2, 0.25) is 0 Å². The molecule has 6 nitrogen and oxygen atoms in total. The van der Waals surface area contributed by atoms with E-state index in [0.29, 0.717) is 30.4 Å². The standard InChI is InChI=1S/C20H23NO5/c1-3-24-17-11-10-16(13-18(17)25-4-2)21-19(22)14-26-20(23)12-15-8-6-5-7-9-15/h5-11,13H,3-4,12,14H2,1-2H3,(H,21,22). The van der Waals surface area contributed by atoms with E-state index in [9.17, 15) is 9.59 Å². The molecule has 6 heteroatoms. The van der Waals surface area contributed by atoms with Gasteiger partial charge >= 0.3 is 5.97 Å². The van der Waals surface area contributed by atoms with Crippen LogP contribution in [0.3, 0.4) is 0 Å². The molecule has 0 heterocycles. The maximum absolute atomic E-state index is 12.0. The van der Waals surface area contributed by atoms with Crippen molar-refractivity contribution < 1.29 is 23.8 Å². The molecule has 0 aliphatic rings. The van der Waals surface area contributed by atoms with Crippen molar-refractivity contribution in [3.8, 4) is 11.5 Å². The van der Waals surface area contributed by atoms with Crippen LogP contribution in [0.4, 0.5) is 5.69 Å². The SMILES string of the molecule is CCOc1ccc(NC(=O)COC(=O)Cc2ccccc2)cc1OCC. The highest BCUT2D eigenvalue weighted by Crippen LogP contribution is 2.30. The Morgan fingerprint density at radius 3 is 2.31 bits per heavy atom. The second kappa shape index (κ2) is 10.1. The number of hydrogen-bond acceptors (Lipinski definition) is 5. The summed E-state index contributed by atoms with van der Waals surface area (Å²) in [5, 5.41) is 2.68. The molecule has 0 saturated heterocycles. The predicted octanol–water partition coefficient (Wildman–Crippen LogP) is 3.21. The highest BCUT2D eigenvalue weighted by Gasteiger charge is 2.11. The quantitative estimate of drug-likeness (QED) is 0.698. The smallest absolute Gasteiger partial charge is 0.310 e. The third-order valence-electron chi connectivity index (χ3n) is 3.38. The zero-order valence-corrected chi connectivity index (χ0v) is 15.0. The number of carbonyl (C=O) groups excluding carboxylic acids is 2. The van der Waals surface area contributed by atoms with Gasteiger partial charge in [0.05, 0.1) is 19.6 Å². The second-order valence-corrected chi connectivity index (χ2v) is 5.40. The first kappa shape index (κ1) is 19.3. The van der Waals surface area contributed by atoms with E-state index in [1.165, 1.54) is 0 Å². The van der Waals surface area contributed by atoms with Gasteiger partial charge in [-0.05, 0) is 31.5 Å². The minimum absolute atomic E-state index is 0.131. The fourth-order valence-corrected chi connectivity index (χ4v) is 2.29. The van der Waals surface area contributed by atoms with E-state index < -0.39 is 11.9 Å². The van der Waals surface area contributed by atoms with Crippen molar-refractivity contribution in [1.82, 2.24) is 0 Å². The molecule has 0 saturated carbocycles. The normalized spacial score (nSPS) is 10.1. The summed E-state index contributed by atoms with van der Waals surface area (Å²) in [6.07, 6.45) is 0.131. The molecule has 0 fully saturated rings. The van der Waals surface area contributed by atoms with Crippen LogP contribution in [-0.4, -0.2) is 31.7 Å². The van der Waals surface area contributed by atoms with Crippen LogP contribution in [0, 0.1) is 0 Å². The molecule has 0 aliphatic carbocycles. The number of carbonyl (C=O) groups is 2. The van der Waals surface area contributed by atoms with Gasteiger partial charge in [0, 0.05) is 11.8 Å². The Labute approximate surface area is 153 Å². The van der Waals surface area contributed by atoms with Crippen LogP contribution < -0.4 is 14.8 Å². The minimum Gasteiger partial charge on any atom is -0.490 e. The lowest BCUT2D eigenvalue weighted by Gasteiger charge is -2.13. The van der Waals surface area contributed by atoms with Crippen LogP contribution in [0.5, 0.6) is 11.5 Å². The average molecular weight is 357 g/mol. The van der Waals surface area contributed by atoms with Crippen molar-refractivity contribution in [1.29, 1.82) is 0 Å². The Morgan fingerprint density at radius 2 is 1.62 bits per heavy atom. The Kier molecular flexibility index (Phi) is 7.49. The molecule has 2 aromatic carbocycles. The number of rotatable bonds is 9. The van der Waals surface area contributed by atoms with Crippen molar-refractivity contribution in [3.63, 3.8) is 0 Å². The number of anilines is 1. The van der Waals surface area contributed by atoms with Crippen molar-refractivity contribution in [2.24, 2.45) is 0 Å². The molecule has 2 rings (SSSR count). The van der Waals surface area contributed by atoms with E-state index in [-0.39, 0.29) is 13.0 Å². The van der Waals surface area contributed by atoms with E-state index >= 15 is 0 Å². The summed E-state index contributed by atoms with van der Waals surface area (Å²) < 4.78 is 16.0. The number of hydrogen-bond donors (Lipinski definition) is 1. The Bertz CT molecular complexity index is 730. The van der Waals surface area contributed by atoms with Crippen LogP contribution in [0.15, 0.2) is 48.5 Å². The van der Waals surface area contributed by atoms with E-state index in [2.05, 4.69) is 5.32 Å². The fraction of sp³-hybridized carbons (Fsp3) is 0.300. The van der Waals surface area contributed by atoms with Crippen molar-refractivity contribution in [3.05, 3.63) is 54.1 Å². The predicted molar refractivity (Wildman–Crippen MR) is 98.5 cm³/mol. The van der Waals surface area contributed by atoms with Crippen molar-refractivity contribution in [2.75, 3.05) is 25.1 Å². The molecular formula is C20H23NO5. The van der Waals surface area contributed by atoms with E-state index in [0.717, 1.165) is 5.56 Å². The molecule has 0 radical (unpaired) electrons. The van der Waals surface area contributed by atoms with Crippen LogP contribution in [-0.2, 0) is 20.7 Å². The fourth-order valence-electron chi connectivity index (χ4n) is 2.29. The van der Waals surface area contributed by atoms with Gasteiger partial charge in [-0.15, -0.1) is 0 Å². The molecule has 26 heavy (non-hydrogen) atoms. The van der Waals surface area contributed by atoms with E-state index in [1.807, 2.05) is 44.2 Å². The summed E-state index contributed by atoms with van der Waals surface area (Å²) >= 11 is 0. The monoisotopic (exact) mass is 357 g/mol. The highest BCUT2D eigenvalue weighted by atomic mass is 16.5. The van der Waals surface area contributed by atoms with Crippen LogP contribution >= 0.6 is 0 Å². The Morgan fingerprint density at radius 1 is 0.923 bits per heavy atom. The molecule has 0 aromatic heterocycles. The summed E-state index contributed by atoms with van der Waals surface area (Å²) in [5.74, 6) is 0.293. The van der Waals surface area contributed by atoms with Gasteiger partial charge in [0.25, 0.3) is 5.91 Å². The van der Waals surface area contributed by atoms with Gasteiger partial charge in [-0.25, -0.2) is 0 Å². The zero-order chi connectivity index (χ0) is 18.8. The lowest BCUT2D eigenvalue weighted by Crippen LogP contribution is -2.21. The molecular weight excluding hydrogens is 334 g/mol. The first-order chi connectivity index (χ1) is 12.6. The molecule has 2 aromatic rings. The maximum Gasteiger partial charge on any atom is 0.310 e. The van der Waals surface area contributed by atoms with Gasteiger partial charge in [-0.3, -0.25) is 9.59 Å². The van der Waals surface area contributed by atoms with Crippen molar-refractivity contribution >= 4 is 17.6 Å². The third kappa shape index (κ3) is 6.12. The summed E-state index contributed by atoms with van der Waals surface area (Å²) in [4.78, 5) is 23.8.